The van der Waals surface area contributed by atoms with Gasteiger partial charge in [-0.2, -0.15) is 4.57 Å². The van der Waals surface area contributed by atoms with E-state index >= 15 is 0 Å². The molecule has 4 rings (SSSR count). The minimum absolute atomic E-state index is 0. The van der Waals surface area contributed by atoms with E-state index in [1.54, 1.807) is 50.0 Å². The summed E-state index contributed by atoms with van der Waals surface area (Å²) in [4.78, 5) is 24.7. The van der Waals surface area contributed by atoms with Gasteiger partial charge in [0.05, 0.1) is 28.4 Å². The third kappa shape index (κ3) is 16.8. The van der Waals surface area contributed by atoms with Gasteiger partial charge in [-0.25, -0.2) is 4.57 Å². The minimum atomic E-state index is 0. The molecule has 2 heterocycles. The van der Waals surface area contributed by atoms with Gasteiger partial charge in [-0.05, 0) is 53.1 Å². The largest absolute Gasteiger partial charge is 1.00 e. The number of halogens is 2. The Hall–Kier alpha value is -4.36. The zero-order valence-electron chi connectivity index (χ0n) is 32.4. The fourth-order valence-electron chi connectivity index (χ4n) is 5.45. The molecule has 0 fully saturated rings. The van der Waals surface area contributed by atoms with Crippen molar-refractivity contribution < 1.29 is 62.5 Å². The van der Waals surface area contributed by atoms with Crippen molar-refractivity contribution in [1.29, 1.82) is 0 Å². The number of nitrogens with one attached hydrogen (secondary N) is 2. The van der Waals surface area contributed by atoms with Gasteiger partial charge in [0.2, 0.25) is 17.5 Å². The SMILES string of the molecule is COc1ccc(/C=C/c2cc[n+](CCCC(=O)NCCSSCCNC(=O)CCC[n+]3ccccc3/C=C/c3ccc(OC)c(OC)c3)cc2)cc1OC.[Cl-].[Cl-]. The lowest BCUT2D eigenvalue weighted by atomic mass is 10.1. The molecule has 2 N–H and O–H groups in total. The molecule has 302 valence electrons. The van der Waals surface area contributed by atoms with Crippen LogP contribution in [0.25, 0.3) is 24.3 Å². The maximum absolute atomic E-state index is 12.4. The van der Waals surface area contributed by atoms with Crippen molar-refractivity contribution in [2.24, 2.45) is 0 Å². The molecule has 0 saturated heterocycles. The Morgan fingerprint density at radius 2 is 1.09 bits per heavy atom. The molecular weight excluding hydrogens is 792 g/mol. The van der Waals surface area contributed by atoms with E-state index in [4.69, 9.17) is 18.9 Å². The van der Waals surface area contributed by atoms with Crippen LogP contribution >= 0.6 is 21.6 Å². The van der Waals surface area contributed by atoms with Gasteiger partial charge in [-0.1, -0.05) is 45.9 Å². The molecule has 0 atom stereocenters. The summed E-state index contributed by atoms with van der Waals surface area (Å²) in [5.74, 6) is 4.53. The number of carbonyl (C=O) groups excluding carboxylic acids is 2. The highest BCUT2D eigenvalue weighted by molar-refractivity contribution is 8.76. The molecule has 4 aromatic rings. The van der Waals surface area contributed by atoms with Gasteiger partial charge in [0.25, 0.3) is 0 Å². The van der Waals surface area contributed by atoms with Crippen molar-refractivity contribution >= 4 is 57.7 Å². The van der Waals surface area contributed by atoms with Crippen molar-refractivity contribution in [3.8, 4) is 23.0 Å². The summed E-state index contributed by atoms with van der Waals surface area (Å²) >= 11 is 0. The van der Waals surface area contributed by atoms with Crippen LogP contribution in [0.5, 0.6) is 23.0 Å². The van der Waals surface area contributed by atoms with Crippen LogP contribution in [0.2, 0.25) is 0 Å². The second-order valence-corrected chi connectivity index (χ2v) is 14.8. The first-order valence-corrected chi connectivity index (χ1v) is 20.5. The average Bonchev–Trinajstić information content (AvgIpc) is 3.20. The van der Waals surface area contributed by atoms with Gasteiger partial charge >= 0.3 is 0 Å². The van der Waals surface area contributed by atoms with E-state index in [-0.39, 0.29) is 36.6 Å². The molecule has 2 aromatic carbocycles. The van der Waals surface area contributed by atoms with Crippen LogP contribution in [0, 0.1) is 0 Å². The number of benzene rings is 2. The number of methoxy groups -OCH3 is 4. The van der Waals surface area contributed by atoms with Gasteiger partial charge in [-0.3, -0.25) is 9.59 Å². The fourth-order valence-corrected chi connectivity index (χ4v) is 7.27. The molecule has 0 bridgehead atoms. The lowest BCUT2D eigenvalue weighted by molar-refractivity contribution is -0.698. The smallest absolute Gasteiger partial charge is 0.220 e. The fraction of sp³-hybridized carbons (Fsp3) is 0.333. The first kappa shape index (κ1) is 47.8. The topological polar surface area (TPSA) is 103 Å². The predicted octanol–water partition coefficient (Wildman–Crippen LogP) is 0.519. The van der Waals surface area contributed by atoms with Crippen LogP contribution in [0.1, 0.15) is 48.1 Å². The molecule has 0 aliphatic carbocycles. The Morgan fingerprint density at radius 1 is 0.589 bits per heavy atom. The number of aryl methyl sites for hydroxylation is 2. The van der Waals surface area contributed by atoms with Gasteiger partial charge in [0.15, 0.2) is 41.6 Å². The van der Waals surface area contributed by atoms with Crippen LogP contribution in [-0.4, -0.2) is 64.8 Å². The molecule has 0 unspecified atom stereocenters. The lowest BCUT2D eigenvalue weighted by Crippen LogP contribution is -3.00. The summed E-state index contributed by atoms with van der Waals surface area (Å²) in [5.41, 5.74) is 4.16. The number of amides is 2. The van der Waals surface area contributed by atoms with Crippen LogP contribution in [0.15, 0.2) is 85.3 Å². The summed E-state index contributed by atoms with van der Waals surface area (Å²) in [6.07, 6.45) is 16.7. The first-order chi connectivity index (χ1) is 26.4. The summed E-state index contributed by atoms with van der Waals surface area (Å²) in [7, 11) is 9.91. The molecule has 0 saturated carbocycles. The van der Waals surface area contributed by atoms with Crippen molar-refractivity contribution in [3.63, 3.8) is 0 Å². The number of hydrogen-bond donors (Lipinski definition) is 2. The van der Waals surface area contributed by atoms with E-state index in [0.29, 0.717) is 48.9 Å². The Kier molecular flexibility index (Phi) is 23.3. The van der Waals surface area contributed by atoms with Gasteiger partial charge in [-0.15, -0.1) is 0 Å². The molecule has 56 heavy (non-hydrogen) atoms. The molecule has 0 radical (unpaired) electrons. The predicted molar refractivity (Wildman–Crippen MR) is 220 cm³/mol. The normalized spacial score (nSPS) is 10.7. The Morgan fingerprint density at radius 3 is 1.62 bits per heavy atom. The minimum Gasteiger partial charge on any atom is -1.00 e. The third-order valence-electron chi connectivity index (χ3n) is 8.34. The average molecular weight is 844 g/mol. The van der Waals surface area contributed by atoms with Crippen LogP contribution in [0.3, 0.4) is 0 Å². The monoisotopic (exact) mass is 842 g/mol. The highest BCUT2D eigenvalue weighted by atomic mass is 35.5. The van der Waals surface area contributed by atoms with E-state index < -0.39 is 0 Å². The van der Waals surface area contributed by atoms with E-state index in [2.05, 4.69) is 50.1 Å². The number of hydrogen-bond acceptors (Lipinski definition) is 8. The van der Waals surface area contributed by atoms with Gasteiger partial charge in [0, 0.05) is 80.6 Å². The molecular formula is C42H52Cl2N4O6S2. The van der Waals surface area contributed by atoms with E-state index in [0.717, 1.165) is 59.8 Å². The summed E-state index contributed by atoms with van der Waals surface area (Å²) < 4.78 is 25.7. The second-order valence-electron chi connectivity index (χ2n) is 12.1. The zero-order valence-corrected chi connectivity index (χ0v) is 35.5. The molecule has 2 amide bonds. The number of ether oxygens (including phenoxy) is 4. The Bertz CT molecular complexity index is 1850. The van der Waals surface area contributed by atoms with Crippen molar-refractivity contribution in [2.45, 2.75) is 38.8 Å². The second kappa shape index (κ2) is 27.3. The summed E-state index contributed by atoms with van der Waals surface area (Å²) in [6.45, 7) is 2.76. The van der Waals surface area contributed by atoms with Crippen molar-refractivity contribution in [1.82, 2.24) is 10.6 Å². The Balaban J connectivity index is 0.00000541. The van der Waals surface area contributed by atoms with Crippen LogP contribution < -0.4 is 63.5 Å². The molecule has 10 nitrogen and oxygen atoms in total. The number of aromatic nitrogens is 2. The van der Waals surface area contributed by atoms with E-state index in [9.17, 15) is 9.59 Å². The number of rotatable bonds is 23. The standard InChI is InChI=1S/C42H50N4O6S2.2ClH/c1-49-37-18-15-34(31-39(37)51-3)13-12-33-20-27-45(28-21-33)24-7-10-41(47)43-22-29-53-54-30-23-44-42(48)11-8-26-46-25-6-5-9-36(46)17-14-35-16-19-38(50-2)40(32-35)52-4;;/h5-6,9,12-21,25,27-28,31-32H,7-8,10-11,22-24,26,29-30H2,1-4H3;2*1H/b13-12+,17-14+;;. The van der Waals surface area contributed by atoms with Crippen molar-refractivity contribution in [2.75, 3.05) is 53.0 Å². The molecule has 0 aliphatic heterocycles. The zero-order chi connectivity index (χ0) is 38.4. The third-order valence-corrected chi connectivity index (χ3v) is 10.8. The quantitative estimate of drug-likeness (QED) is 0.0634. The van der Waals surface area contributed by atoms with Crippen LogP contribution in [0.4, 0.5) is 0 Å². The summed E-state index contributed by atoms with van der Waals surface area (Å²) in [6, 6.07) is 21.8. The highest BCUT2D eigenvalue weighted by Gasteiger charge is 2.10. The molecule has 0 aliphatic rings. The number of nitrogens with zero attached hydrogens (tertiary/aromatic N) is 2. The van der Waals surface area contributed by atoms with Gasteiger partial charge in [0.1, 0.15) is 13.1 Å². The molecule has 0 spiro atoms. The first-order valence-electron chi connectivity index (χ1n) is 18.0. The number of carbonyl (C=O) groups is 2. The van der Waals surface area contributed by atoms with E-state index in [1.165, 1.54) is 0 Å². The molecule has 2 aromatic heterocycles. The van der Waals surface area contributed by atoms with Crippen LogP contribution in [-0.2, 0) is 22.7 Å². The maximum atomic E-state index is 12.4. The molecule has 14 heteroatoms. The Labute approximate surface area is 351 Å². The van der Waals surface area contributed by atoms with Crippen molar-refractivity contribution in [3.05, 3.63) is 108 Å². The number of pyridine rings is 2. The highest BCUT2D eigenvalue weighted by Crippen LogP contribution is 2.29. The maximum Gasteiger partial charge on any atom is 0.220 e. The van der Waals surface area contributed by atoms with E-state index in [1.807, 2.05) is 79.3 Å². The van der Waals surface area contributed by atoms with Gasteiger partial charge < -0.3 is 54.4 Å². The summed E-state index contributed by atoms with van der Waals surface area (Å²) in [5, 5.41) is 6.02. The lowest BCUT2D eigenvalue weighted by Gasteiger charge is -2.07.